The van der Waals surface area contributed by atoms with Gasteiger partial charge in [0.05, 0.1) is 11.6 Å². The Balaban J connectivity index is 2.01. The van der Waals surface area contributed by atoms with Crippen LogP contribution in [-0.2, 0) is 11.2 Å². The zero-order valence-electron chi connectivity index (χ0n) is 11.1. The number of pyridine rings is 1. The van der Waals surface area contributed by atoms with Gasteiger partial charge in [0.25, 0.3) is 0 Å². The van der Waals surface area contributed by atoms with Crippen molar-refractivity contribution >= 4 is 16.8 Å². The first kappa shape index (κ1) is 13.5. The first-order valence-electron chi connectivity index (χ1n) is 6.58. The standard InChI is InChI=1S/C15H19N3O/c1-2-13(16)15(19)18-10-8-12-6-3-5-11-7-4-9-17-14(11)12/h3-7,9,13H,2,8,10,16H2,1H3,(H,18,19)/t13-/m0/s1. The third-order valence-corrected chi connectivity index (χ3v) is 3.19. The molecule has 0 radical (unpaired) electrons. The summed E-state index contributed by atoms with van der Waals surface area (Å²) in [5.41, 5.74) is 7.80. The number of benzene rings is 1. The number of amides is 1. The molecule has 2 rings (SSSR count). The molecule has 19 heavy (non-hydrogen) atoms. The molecule has 0 unspecified atom stereocenters. The number of para-hydroxylation sites is 1. The number of rotatable bonds is 5. The lowest BCUT2D eigenvalue weighted by molar-refractivity contribution is -0.122. The van der Waals surface area contributed by atoms with Crippen LogP contribution in [0.25, 0.3) is 10.9 Å². The van der Waals surface area contributed by atoms with E-state index in [1.165, 1.54) is 0 Å². The van der Waals surface area contributed by atoms with Gasteiger partial charge in [0.1, 0.15) is 0 Å². The highest BCUT2D eigenvalue weighted by molar-refractivity contribution is 5.82. The number of nitrogens with one attached hydrogen (secondary N) is 1. The maximum Gasteiger partial charge on any atom is 0.236 e. The summed E-state index contributed by atoms with van der Waals surface area (Å²) in [5.74, 6) is -0.0873. The van der Waals surface area contributed by atoms with Gasteiger partial charge in [-0.2, -0.15) is 0 Å². The molecule has 1 aromatic heterocycles. The van der Waals surface area contributed by atoms with E-state index in [9.17, 15) is 4.79 Å². The van der Waals surface area contributed by atoms with Crippen molar-refractivity contribution in [3.05, 3.63) is 42.1 Å². The number of nitrogens with zero attached hydrogens (tertiary/aromatic N) is 1. The summed E-state index contributed by atoms with van der Waals surface area (Å²) in [4.78, 5) is 16.0. The fourth-order valence-electron chi connectivity index (χ4n) is 2.01. The lowest BCUT2D eigenvalue weighted by Crippen LogP contribution is -2.40. The Kier molecular flexibility index (Phi) is 4.47. The number of carbonyl (C=O) groups is 1. The predicted molar refractivity (Wildman–Crippen MR) is 76.7 cm³/mol. The van der Waals surface area contributed by atoms with E-state index >= 15 is 0 Å². The number of fused-ring (bicyclic) bond motifs is 1. The summed E-state index contributed by atoms with van der Waals surface area (Å²) in [6.45, 7) is 2.49. The van der Waals surface area contributed by atoms with Crippen molar-refractivity contribution in [2.24, 2.45) is 5.73 Å². The molecule has 0 aliphatic rings. The number of aromatic nitrogens is 1. The Labute approximate surface area is 113 Å². The number of hydrogen-bond acceptors (Lipinski definition) is 3. The van der Waals surface area contributed by atoms with Crippen molar-refractivity contribution in [2.75, 3.05) is 6.54 Å². The number of nitrogens with two attached hydrogens (primary N) is 1. The second kappa shape index (κ2) is 6.29. The average molecular weight is 257 g/mol. The highest BCUT2D eigenvalue weighted by Crippen LogP contribution is 2.15. The molecule has 1 atom stereocenters. The van der Waals surface area contributed by atoms with Crippen LogP contribution in [0, 0.1) is 0 Å². The molecule has 0 spiro atoms. The normalized spacial score (nSPS) is 12.3. The molecular formula is C15H19N3O. The van der Waals surface area contributed by atoms with Crippen LogP contribution >= 0.6 is 0 Å². The van der Waals surface area contributed by atoms with Crippen molar-refractivity contribution in [3.8, 4) is 0 Å². The van der Waals surface area contributed by atoms with Crippen LogP contribution in [0.15, 0.2) is 36.5 Å². The second-order valence-corrected chi connectivity index (χ2v) is 4.55. The number of carbonyl (C=O) groups excluding carboxylic acids is 1. The Hall–Kier alpha value is -1.94. The molecule has 1 heterocycles. The first-order chi connectivity index (χ1) is 9.22. The highest BCUT2D eigenvalue weighted by atomic mass is 16.2. The van der Waals surface area contributed by atoms with E-state index in [1.54, 1.807) is 6.20 Å². The molecule has 1 aromatic carbocycles. The molecule has 3 N–H and O–H groups in total. The highest BCUT2D eigenvalue weighted by Gasteiger charge is 2.10. The Morgan fingerprint density at radius 2 is 2.16 bits per heavy atom. The molecule has 0 aliphatic heterocycles. The minimum atomic E-state index is -0.411. The molecule has 4 heteroatoms. The molecule has 0 bridgehead atoms. The zero-order valence-corrected chi connectivity index (χ0v) is 11.1. The van der Waals surface area contributed by atoms with Crippen LogP contribution in [0.4, 0.5) is 0 Å². The van der Waals surface area contributed by atoms with Crippen LogP contribution in [0.2, 0.25) is 0 Å². The third-order valence-electron chi connectivity index (χ3n) is 3.19. The van der Waals surface area contributed by atoms with Crippen LogP contribution in [0.3, 0.4) is 0 Å². The topological polar surface area (TPSA) is 68.0 Å². The van der Waals surface area contributed by atoms with E-state index in [1.807, 2.05) is 37.3 Å². The lowest BCUT2D eigenvalue weighted by Gasteiger charge is -2.10. The summed E-state index contributed by atoms with van der Waals surface area (Å²) in [6, 6.07) is 9.65. The molecule has 0 fully saturated rings. The van der Waals surface area contributed by atoms with Crippen molar-refractivity contribution in [2.45, 2.75) is 25.8 Å². The van der Waals surface area contributed by atoms with Crippen molar-refractivity contribution < 1.29 is 4.79 Å². The summed E-state index contributed by atoms with van der Waals surface area (Å²) in [5, 5.41) is 3.98. The molecule has 0 saturated heterocycles. The van der Waals surface area contributed by atoms with E-state index in [2.05, 4.69) is 10.3 Å². The molecule has 2 aromatic rings. The largest absolute Gasteiger partial charge is 0.354 e. The van der Waals surface area contributed by atoms with Gasteiger partial charge in [-0.25, -0.2) is 0 Å². The Morgan fingerprint density at radius 3 is 2.95 bits per heavy atom. The van der Waals surface area contributed by atoms with E-state index in [4.69, 9.17) is 5.73 Å². The third kappa shape index (κ3) is 3.29. The van der Waals surface area contributed by atoms with Gasteiger partial charge in [-0.05, 0) is 24.5 Å². The van der Waals surface area contributed by atoms with Gasteiger partial charge in [0.2, 0.25) is 5.91 Å². The average Bonchev–Trinajstić information content (AvgIpc) is 2.46. The van der Waals surface area contributed by atoms with E-state index < -0.39 is 6.04 Å². The minimum Gasteiger partial charge on any atom is -0.354 e. The number of hydrogen-bond donors (Lipinski definition) is 2. The monoisotopic (exact) mass is 257 g/mol. The quantitative estimate of drug-likeness (QED) is 0.855. The first-order valence-corrected chi connectivity index (χ1v) is 6.58. The molecule has 4 nitrogen and oxygen atoms in total. The maximum atomic E-state index is 11.6. The Morgan fingerprint density at radius 1 is 1.37 bits per heavy atom. The van der Waals surface area contributed by atoms with Crippen LogP contribution in [-0.4, -0.2) is 23.5 Å². The molecule has 0 aliphatic carbocycles. The van der Waals surface area contributed by atoms with E-state index in [0.29, 0.717) is 13.0 Å². The summed E-state index contributed by atoms with van der Waals surface area (Å²) in [6.07, 6.45) is 3.20. The van der Waals surface area contributed by atoms with Gasteiger partial charge in [0.15, 0.2) is 0 Å². The van der Waals surface area contributed by atoms with Crippen LogP contribution < -0.4 is 11.1 Å². The fourth-order valence-corrected chi connectivity index (χ4v) is 2.01. The smallest absolute Gasteiger partial charge is 0.236 e. The molecular weight excluding hydrogens is 238 g/mol. The SMILES string of the molecule is CC[C@H](N)C(=O)NCCc1cccc2cccnc12. The van der Waals surface area contributed by atoms with Gasteiger partial charge in [0, 0.05) is 18.1 Å². The van der Waals surface area contributed by atoms with Gasteiger partial charge in [-0.3, -0.25) is 9.78 Å². The maximum absolute atomic E-state index is 11.6. The van der Waals surface area contributed by atoms with E-state index in [0.717, 1.165) is 22.9 Å². The molecule has 100 valence electrons. The lowest BCUT2D eigenvalue weighted by atomic mass is 10.1. The molecule has 0 saturated carbocycles. The fraction of sp³-hybridized carbons (Fsp3) is 0.333. The van der Waals surface area contributed by atoms with Gasteiger partial charge < -0.3 is 11.1 Å². The van der Waals surface area contributed by atoms with Gasteiger partial charge >= 0.3 is 0 Å². The van der Waals surface area contributed by atoms with Crippen molar-refractivity contribution in [1.29, 1.82) is 0 Å². The van der Waals surface area contributed by atoms with Crippen LogP contribution in [0.1, 0.15) is 18.9 Å². The summed E-state index contributed by atoms with van der Waals surface area (Å²) < 4.78 is 0. The molecule has 1 amide bonds. The van der Waals surface area contributed by atoms with Crippen LogP contribution in [0.5, 0.6) is 0 Å². The predicted octanol–water partition coefficient (Wildman–Crippen LogP) is 1.63. The van der Waals surface area contributed by atoms with Crippen molar-refractivity contribution in [1.82, 2.24) is 10.3 Å². The minimum absolute atomic E-state index is 0.0873. The summed E-state index contributed by atoms with van der Waals surface area (Å²) in [7, 11) is 0. The van der Waals surface area contributed by atoms with Crippen molar-refractivity contribution in [3.63, 3.8) is 0 Å². The summed E-state index contributed by atoms with van der Waals surface area (Å²) >= 11 is 0. The Bertz CT molecular complexity index is 563. The van der Waals surface area contributed by atoms with Gasteiger partial charge in [-0.15, -0.1) is 0 Å². The second-order valence-electron chi connectivity index (χ2n) is 4.55. The van der Waals surface area contributed by atoms with E-state index in [-0.39, 0.29) is 5.91 Å². The van der Waals surface area contributed by atoms with Gasteiger partial charge in [-0.1, -0.05) is 31.2 Å². The zero-order chi connectivity index (χ0) is 13.7.